The Labute approximate surface area is 166 Å². The predicted molar refractivity (Wildman–Crippen MR) is 112 cm³/mol. The van der Waals surface area contributed by atoms with E-state index in [9.17, 15) is 4.79 Å². The third kappa shape index (κ3) is 3.75. The fourth-order valence-electron chi connectivity index (χ4n) is 3.18. The van der Waals surface area contributed by atoms with Gasteiger partial charge in [0.25, 0.3) is 5.91 Å². The standard InChI is InChI=1S/C21H18ClN3OS/c1-2-25-17-13-20(22)27-19(17)12-18(25)21(26)24-16-5-3-14(4-6-16)11-15-7-9-23-10-8-15/h3-10,12-13H,2,11H2,1H3,(H,24,26). The molecule has 136 valence electrons. The van der Waals surface area contributed by atoms with Crippen LogP contribution in [-0.4, -0.2) is 15.5 Å². The minimum atomic E-state index is -0.113. The second-order valence-electron chi connectivity index (χ2n) is 6.26. The van der Waals surface area contributed by atoms with Crippen molar-refractivity contribution < 1.29 is 4.79 Å². The van der Waals surface area contributed by atoms with E-state index in [0.29, 0.717) is 12.2 Å². The summed E-state index contributed by atoms with van der Waals surface area (Å²) in [5.74, 6) is -0.113. The Bertz CT molecular complexity index is 1080. The highest BCUT2D eigenvalue weighted by atomic mass is 35.5. The van der Waals surface area contributed by atoms with Crippen LogP contribution in [0.1, 0.15) is 28.5 Å². The van der Waals surface area contributed by atoms with Crippen LogP contribution in [0.3, 0.4) is 0 Å². The van der Waals surface area contributed by atoms with Crippen molar-refractivity contribution in [3.63, 3.8) is 0 Å². The Morgan fingerprint density at radius 1 is 1.11 bits per heavy atom. The van der Waals surface area contributed by atoms with Gasteiger partial charge in [0.05, 0.1) is 14.6 Å². The number of rotatable bonds is 5. The van der Waals surface area contributed by atoms with Crippen LogP contribution in [-0.2, 0) is 13.0 Å². The molecule has 1 N–H and O–H groups in total. The number of carbonyl (C=O) groups excluding carboxylic acids is 1. The van der Waals surface area contributed by atoms with Crippen molar-refractivity contribution in [1.82, 2.24) is 9.55 Å². The number of amides is 1. The van der Waals surface area contributed by atoms with Gasteiger partial charge >= 0.3 is 0 Å². The number of thiophene rings is 1. The van der Waals surface area contributed by atoms with Gasteiger partial charge in [-0.3, -0.25) is 9.78 Å². The van der Waals surface area contributed by atoms with E-state index in [4.69, 9.17) is 11.6 Å². The monoisotopic (exact) mass is 395 g/mol. The van der Waals surface area contributed by atoms with Crippen molar-refractivity contribution in [2.24, 2.45) is 0 Å². The first-order valence-corrected chi connectivity index (χ1v) is 9.91. The summed E-state index contributed by atoms with van der Waals surface area (Å²) in [5, 5.41) is 2.99. The van der Waals surface area contributed by atoms with Crippen LogP contribution >= 0.6 is 22.9 Å². The summed E-state index contributed by atoms with van der Waals surface area (Å²) < 4.78 is 3.75. The highest BCUT2D eigenvalue weighted by molar-refractivity contribution is 7.22. The molecule has 1 aromatic carbocycles. The molecule has 6 heteroatoms. The van der Waals surface area contributed by atoms with E-state index in [1.807, 2.05) is 60.0 Å². The van der Waals surface area contributed by atoms with Crippen molar-refractivity contribution in [3.8, 4) is 0 Å². The lowest BCUT2D eigenvalue weighted by molar-refractivity contribution is 0.101. The molecule has 0 bridgehead atoms. The maximum Gasteiger partial charge on any atom is 0.272 e. The lowest BCUT2D eigenvalue weighted by atomic mass is 10.1. The molecule has 0 saturated carbocycles. The predicted octanol–water partition coefficient (Wildman–Crippen LogP) is 5.61. The van der Waals surface area contributed by atoms with Crippen molar-refractivity contribution in [2.75, 3.05) is 5.32 Å². The molecule has 0 saturated heterocycles. The average molecular weight is 396 g/mol. The second-order valence-corrected chi connectivity index (χ2v) is 7.97. The summed E-state index contributed by atoms with van der Waals surface area (Å²) in [5.41, 5.74) is 4.83. The average Bonchev–Trinajstić information content (AvgIpc) is 3.20. The van der Waals surface area contributed by atoms with Crippen LogP contribution in [0.4, 0.5) is 5.69 Å². The van der Waals surface area contributed by atoms with Gasteiger partial charge in [-0.25, -0.2) is 0 Å². The number of benzene rings is 1. The molecule has 0 spiro atoms. The number of halogens is 1. The number of pyridine rings is 1. The molecule has 0 aliphatic carbocycles. The van der Waals surface area contributed by atoms with E-state index >= 15 is 0 Å². The molecule has 4 nitrogen and oxygen atoms in total. The van der Waals surface area contributed by atoms with Gasteiger partial charge in [0.2, 0.25) is 0 Å². The van der Waals surface area contributed by atoms with E-state index in [1.54, 1.807) is 12.4 Å². The zero-order chi connectivity index (χ0) is 18.8. The van der Waals surface area contributed by atoms with Crippen LogP contribution < -0.4 is 5.32 Å². The van der Waals surface area contributed by atoms with Crippen LogP contribution in [0.5, 0.6) is 0 Å². The quantitative estimate of drug-likeness (QED) is 0.477. The van der Waals surface area contributed by atoms with Gasteiger partial charge in [-0.1, -0.05) is 23.7 Å². The second kappa shape index (κ2) is 7.55. The van der Waals surface area contributed by atoms with Gasteiger partial charge in [0.15, 0.2) is 0 Å². The summed E-state index contributed by atoms with van der Waals surface area (Å²) in [6, 6.07) is 15.8. The molecule has 0 fully saturated rings. The summed E-state index contributed by atoms with van der Waals surface area (Å²) >= 11 is 7.58. The molecule has 0 atom stereocenters. The Morgan fingerprint density at radius 2 is 1.81 bits per heavy atom. The number of aromatic nitrogens is 2. The molecule has 0 unspecified atom stereocenters. The number of hydrogen-bond donors (Lipinski definition) is 1. The number of anilines is 1. The lowest BCUT2D eigenvalue weighted by Crippen LogP contribution is -2.16. The van der Waals surface area contributed by atoms with E-state index < -0.39 is 0 Å². The Morgan fingerprint density at radius 3 is 2.52 bits per heavy atom. The third-order valence-corrected chi connectivity index (χ3v) is 5.68. The molecule has 27 heavy (non-hydrogen) atoms. The summed E-state index contributed by atoms with van der Waals surface area (Å²) in [6.45, 7) is 2.74. The minimum absolute atomic E-state index is 0.113. The summed E-state index contributed by atoms with van der Waals surface area (Å²) in [6.07, 6.45) is 4.43. The minimum Gasteiger partial charge on any atom is -0.336 e. The van der Waals surface area contributed by atoms with E-state index in [0.717, 1.165) is 26.7 Å². The number of nitrogens with zero attached hydrogens (tertiary/aromatic N) is 2. The lowest BCUT2D eigenvalue weighted by Gasteiger charge is -2.09. The Balaban J connectivity index is 1.50. The number of aryl methyl sites for hydroxylation is 1. The molecule has 0 aliphatic rings. The summed E-state index contributed by atoms with van der Waals surface area (Å²) in [4.78, 5) is 16.8. The highest BCUT2D eigenvalue weighted by Gasteiger charge is 2.17. The fourth-order valence-corrected chi connectivity index (χ4v) is 4.36. The van der Waals surface area contributed by atoms with Gasteiger partial charge < -0.3 is 9.88 Å². The van der Waals surface area contributed by atoms with Crippen molar-refractivity contribution in [3.05, 3.63) is 82.1 Å². The number of carbonyl (C=O) groups is 1. The van der Waals surface area contributed by atoms with Crippen LogP contribution in [0.25, 0.3) is 10.2 Å². The highest BCUT2D eigenvalue weighted by Crippen LogP contribution is 2.32. The van der Waals surface area contributed by atoms with Crippen LogP contribution in [0.15, 0.2) is 60.9 Å². The van der Waals surface area contributed by atoms with Gasteiger partial charge in [-0.15, -0.1) is 11.3 Å². The van der Waals surface area contributed by atoms with Gasteiger partial charge in [0.1, 0.15) is 5.69 Å². The first-order valence-electron chi connectivity index (χ1n) is 8.72. The summed E-state index contributed by atoms with van der Waals surface area (Å²) in [7, 11) is 0. The largest absolute Gasteiger partial charge is 0.336 e. The SMILES string of the molecule is CCn1c(C(=O)Nc2ccc(Cc3ccncc3)cc2)cc2sc(Cl)cc21. The van der Waals surface area contributed by atoms with Gasteiger partial charge in [-0.05, 0) is 60.9 Å². The molecule has 4 aromatic rings. The number of hydrogen-bond acceptors (Lipinski definition) is 3. The molecule has 0 aliphatic heterocycles. The Kier molecular flexibility index (Phi) is 4.97. The zero-order valence-electron chi connectivity index (χ0n) is 14.8. The maximum atomic E-state index is 12.8. The zero-order valence-corrected chi connectivity index (χ0v) is 16.3. The molecular weight excluding hydrogens is 378 g/mol. The Hall–Kier alpha value is -2.63. The van der Waals surface area contributed by atoms with Gasteiger partial charge in [-0.2, -0.15) is 0 Å². The van der Waals surface area contributed by atoms with E-state index in [2.05, 4.69) is 10.3 Å². The first-order chi connectivity index (χ1) is 13.1. The molecule has 0 radical (unpaired) electrons. The number of nitrogens with one attached hydrogen (secondary N) is 1. The smallest absolute Gasteiger partial charge is 0.272 e. The maximum absolute atomic E-state index is 12.8. The van der Waals surface area contributed by atoms with E-state index in [-0.39, 0.29) is 5.91 Å². The van der Waals surface area contributed by atoms with Crippen LogP contribution in [0.2, 0.25) is 4.34 Å². The fraction of sp³-hybridized carbons (Fsp3) is 0.143. The van der Waals surface area contributed by atoms with Crippen molar-refractivity contribution in [2.45, 2.75) is 19.9 Å². The number of fused-ring (bicyclic) bond motifs is 1. The normalized spacial score (nSPS) is 11.0. The molecular formula is C21H18ClN3OS. The van der Waals surface area contributed by atoms with E-state index in [1.165, 1.54) is 22.5 Å². The molecule has 3 heterocycles. The van der Waals surface area contributed by atoms with Crippen molar-refractivity contribution >= 4 is 44.7 Å². The molecule has 4 rings (SSSR count). The first kappa shape index (κ1) is 17.8. The van der Waals surface area contributed by atoms with Crippen LogP contribution in [0, 0.1) is 0 Å². The molecule has 3 aromatic heterocycles. The topological polar surface area (TPSA) is 46.9 Å². The molecule has 1 amide bonds. The third-order valence-electron chi connectivity index (χ3n) is 4.48. The van der Waals surface area contributed by atoms with Gasteiger partial charge in [0, 0.05) is 24.6 Å². The van der Waals surface area contributed by atoms with Crippen molar-refractivity contribution in [1.29, 1.82) is 0 Å².